The lowest BCUT2D eigenvalue weighted by Gasteiger charge is -1.93. The van der Waals surface area contributed by atoms with Crippen molar-refractivity contribution >= 4 is 5.69 Å². The van der Waals surface area contributed by atoms with Gasteiger partial charge in [0.1, 0.15) is 0 Å². The molecule has 0 bridgehead atoms. The molecule has 2 aromatic rings. The Labute approximate surface area is 125 Å². The molecule has 0 spiro atoms. The van der Waals surface area contributed by atoms with Crippen molar-refractivity contribution in [1.82, 2.24) is 0 Å². The van der Waals surface area contributed by atoms with Crippen molar-refractivity contribution in [3.8, 4) is 47.4 Å². The highest BCUT2D eigenvalue weighted by atomic mass is 14.5. The van der Waals surface area contributed by atoms with Gasteiger partial charge in [-0.1, -0.05) is 42.2 Å². The van der Waals surface area contributed by atoms with Gasteiger partial charge in [-0.3, -0.25) is 0 Å². The van der Waals surface area contributed by atoms with Crippen LogP contribution in [-0.2, 0) is 0 Å². The average molecular weight is 265 g/mol. The van der Waals surface area contributed by atoms with Gasteiger partial charge in [0, 0.05) is 16.8 Å². The van der Waals surface area contributed by atoms with Crippen molar-refractivity contribution in [1.29, 1.82) is 0 Å². The lowest BCUT2D eigenvalue weighted by Crippen LogP contribution is -1.87. The SMILES string of the molecule is Nc1ccccc1C#CC#CC#CC#Cc1ccccc1. The Morgan fingerprint density at radius 2 is 1.14 bits per heavy atom. The van der Waals surface area contributed by atoms with Gasteiger partial charge in [0.15, 0.2) is 0 Å². The molecule has 0 aliphatic heterocycles. The van der Waals surface area contributed by atoms with Gasteiger partial charge in [-0.15, -0.1) is 0 Å². The Bertz CT molecular complexity index is 861. The van der Waals surface area contributed by atoms with E-state index in [0.29, 0.717) is 5.69 Å². The third-order valence-corrected chi connectivity index (χ3v) is 2.45. The second kappa shape index (κ2) is 7.81. The first-order chi connectivity index (χ1) is 10.4. The highest BCUT2D eigenvalue weighted by Gasteiger charge is 1.89. The lowest BCUT2D eigenvalue weighted by atomic mass is 10.2. The molecular formula is C20H11N. The summed E-state index contributed by atoms with van der Waals surface area (Å²) in [6.45, 7) is 0. The fraction of sp³-hybridized carbons (Fsp3) is 0. The molecule has 0 fully saturated rings. The number of rotatable bonds is 0. The predicted octanol–water partition coefficient (Wildman–Crippen LogP) is 2.68. The van der Waals surface area contributed by atoms with Gasteiger partial charge >= 0.3 is 0 Å². The number of benzene rings is 2. The molecule has 0 atom stereocenters. The third-order valence-electron chi connectivity index (χ3n) is 2.45. The molecule has 2 N–H and O–H groups in total. The van der Waals surface area contributed by atoms with Crippen LogP contribution >= 0.6 is 0 Å². The molecule has 2 aromatic carbocycles. The van der Waals surface area contributed by atoms with Crippen molar-refractivity contribution in [3.05, 3.63) is 65.7 Å². The van der Waals surface area contributed by atoms with Gasteiger partial charge in [-0.25, -0.2) is 0 Å². The van der Waals surface area contributed by atoms with E-state index >= 15 is 0 Å². The maximum Gasteiger partial charge on any atom is 0.0485 e. The van der Waals surface area contributed by atoms with Crippen molar-refractivity contribution in [3.63, 3.8) is 0 Å². The van der Waals surface area contributed by atoms with E-state index < -0.39 is 0 Å². The molecule has 1 heteroatoms. The fourth-order valence-corrected chi connectivity index (χ4v) is 1.46. The quantitative estimate of drug-likeness (QED) is 0.575. The molecule has 2 rings (SSSR count). The summed E-state index contributed by atoms with van der Waals surface area (Å²) in [5.41, 5.74) is 8.10. The highest BCUT2D eigenvalue weighted by molar-refractivity contribution is 5.57. The summed E-state index contributed by atoms with van der Waals surface area (Å²) in [7, 11) is 0. The molecule has 0 aromatic heterocycles. The predicted molar refractivity (Wildman–Crippen MR) is 86.6 cm³/mol. The molecule has 0 amide bonds. The number of hydrogen-bond donors (Lipinski definition) is 1. The molecule has 0 saturated carbocycles. The summed E-state index contributed by atoms with van der Waals surface area (Å²) < 4.78 is 0. The van der Waals surface area contributed by atoms with Gasteiger partial charge in [0.25, 0.3) is 0 Å². The van der Waals surface area contributed by atoms with E-state index in [1.54, 1.807) is 6.07 Å². The average Bonchev–Trinajstić information content (AvgIpc) is 2.52. The third kappa shape index (κ3) is 4.93. The van der Waals surface area contributed by atoms with Crippen LogP contribution in [0.15, 0.2) is 54.6 Å². The first-order valence-corrected chi connectivity index (χ1v) is 6.28. The van der Waals surface area contributed by atoms with Gasteiger partial charge in [-0.05, 0) is 59.8 Å². The summed E-state index contributed by atoms with van der Waals surface area (Å²) in [5, 5.41) is 0. The van der Waals surface area contributed by atoms with E-state index in [0.717, 1.165) is 11.1 Å². The van der Waals surface area contributed by atoms with E-state index in [-0.39, 0.29) is 0 Å². The van der Waals surface area contributed by atoms with Crippen LogP contribution in [0.3, 0.4) is 0 Å². The monoisotopic (exact) mass is 265 g/mol. The maximum atomic E-state index is 5.76. The van der Waals surface area contributed by atoms with Crippen molar-refractivity contribution in [2.45, 2.75) is 0 Å². The van der Waals surface area contributed by atoms with Crippen LogP contribution in [0.5, 0.6) is 0 Å². The van der Waals surface area contributed by atoms with Gasteiger partial charge in [0.2, 0.25) is 0 Å². The molecular weight excluding hydrogens is 254 g/mol. The molecule has 0 aliphatic carbocycles. The van der Waals surface area contributed by atoms with Crippen LogP contribution in [-0.4, -0.2) is 0 Å². The molecule has 0 heterocycles. The molecule has 96 valence electrons. The summed E-state index contributed by atoms with van der Waals surface area (Å²) in [6, 6.07) is 17.1. The number of nitrogens with two attached hydrogens (primary N) is 1. The fourth-order valence-electron chi connectivity index (χ4n) is 1.46. The van der Waals surface area contributed by atoms with Crippen LogP contribution < -0.4 is 5.73 Å². The van der Waals surface area contributed by atoms with Gasteiger partial charge < -0.3 is 5.73 Å². The second-order valence-electron chi connectivity index (χ2n) is 3.95. The number of nitrogen functional groups attached to an aromatic ring is 1. The summed E-state index contributed by atoms with van der Waals surface area (Å²) in [4.78, 5) is 0. The minimum absolute atomic E-state index is 0.645. The normalized spacial score (nSPS) is 7.62. The van der Waals surface area contributed by atoms with Crippen LogP contribution in [0.4, 0.5) is 5.69 Å². The molecule has 0 saturated heterocycles. The van der Waals surface area contributed by atoms with Crippen molar-refractivity contribution in [2.24, 2.45) is 0 Å². The zero-order valence-corrected chi connectivity index (χ0v) is 11.3. The number of anilines is 1. The molecule has 1 nitrogen and oxygen atoms in total. The lowest BCUT2D eigenvalue weighted by molar-refractivity contribution is 1.63. The van der Waals surface area contributed by atoms with E-state index in [1.165, 1.54) is 0 Å². The van der Waals surface area contributed by atoms with Gasteiger partial charge in [-0.2, -0.15) is 0 Å². The smallest absolute Gasteiger partial charge is 0.0485 e. The summed E-state index contributed by atoms with van der Waals surface area (Å²) in [6.07, 6.45) is 0. The Balaban J connectivity index is 1.96. The van der Waals surface area contributed by atoms with E-state index in [2.05, 4.69) is 47.4 Å². The van der Waals surface area contributed by atoms with E-state index in [9.17, 15) is 0 Å². The second-order valence-corrected chi connectivity index (χ2v) is 3.95. The topological polar surface area (TPSA) is 26.0 Å². The number of hydrogen-bond acceptors (Lipinski definition) is 1. The zero-order valence-electron chi connectivity index (χ0n) is 11.3. The molecule has 21 heavy (non-hydrogen) atoms. The standard InChI is InChI=1S/C20H11N/c21-20-17-11-10-16-19(20)15-9-4-2-1-3-6-12-18-13-7-5-8-14-18/h5,7-8,10-11,13-14,16-17H,21H2. The Morgan fingerprint density at radius 1 is 0.571 bits per heavy atom. The van der Waals surface area contributed by atoms with Crippen molar-refractivity contribution in [2.75, 3.05) is 5.73 Å². The van der Waals surface area contributed by atoms with Crippen LogP contribution in [0.1, 0.15) is 11.1 Å². The first kappa shape index (κ1) is 13.9. The molecule has 0 aliphatic rings. The Kier molecular flexibility index (Phi) is 5.17. The molecule has 0 unspecified atom stereocenters. The van der Waals surface area contributed by atoms with Crippen molar-refractivity contribution < 1.29 is 0 Å². The van der Waals surface area contributed by atoms with Crippen LogP contribution in [0.2, 0.25) is 0 Å². The number of para-hydroxylation sites is 1. The minimum Gasteiger partial charge on any atom is -0.398 e. The zero-order chi connectivity index (χ0) is 14.8. The van der Waals surface area contributed by atoms with E-state index in [4.69, 9.17) is 5.73 Å². The maximum absolute atomic E-state index is 5.76. The molecule has 0 radical (unpaired) electrons. The Hall–Kier alpha value is -3.52. The minimum atomic E-state index is 0.645. The van der Waals surface area contributed by atoms with E-state index in [1.807, 2.05) is 48.5 Å². The highest BCUT2D eigenvalue weighted by Crippen LogP contribution is 2.07. The van der Waals surface area contributed by atoms with Gasteiger partial charge in [0.05, 0.1) is 0 Å². The Morgan fingerprint density at radius 3 is 1.86 bits per heavy atom. The summed E-state index contributed by atoms with van der Waals surface area (Å²) >= 11 is 0. The largest absolute Gasteiger partial charge is 0.398 e. The van der Waals surface area contributed by atoms with Crippen LogP contribution in [0, 0.1) is 47.4 Å². The summed E-state index contributed by atoms with van der Waals surface area (Å²) in [5.74, 6) is 21.8. The van der Waals surface area contributed by atoms with Crippen LogP contribution in [0.25, 0.3) is 0 Å². The first-order valence-electron chi connectivity index (χ1n) is 6.28.